The van der Waals surface area contributed by atoms with Crippen molar-refractivity contribution in [2.45, 2.75) is 6.04 Å². The quantitative estimate of drug-likeness (QED) is 0.581. The van der Waals surface area contributed by atoms with Crippen molar-refractivity contribution < 1.29 is 4.74 Å². The number of rotatable bonds is 1. The fourth-order valence-electron chi connectivity index (χ4n) is 0.986. The molecule has 62 valence electrons. The van der Waals surface area contributed by atoms with E-state index in [0.717, 1.165) is 19.8 Å². The normalized spacial score (nSPS) is 27.6. The van der Waals surface area contributed by atoms with Crippen molar-refractivity contribution in [1.29, 1.82) is 0 Å². The number of ether oxygens (including phenoxy) is 1. The molecular formula is C6H15ClN2O. The molecule has 0 aliphatic carbocycles. The third-order valence-electron chi connectivity index (χ3n) is 1.79. The smallest absolute Gasteiger partial charge is 0.0634 e. The van der Waals surface area contributed by atoms with Crippen LogP contribution in [0.3, 0.4) is 0 Å². The summed E-state index contributed by atoms with van der Waals surface area (Å²) in [5.41, 5.74) is 5.47. The lowest BCUT2D eigenvalue weighted by atomic mass is 10.2. The lowest BCUT2D eigenvalue weighted by molar-refractivity contribution is 0.00948. The van der Waals surface area contributed by atoms with E-state index in [1.54, 1.807) is 0 Å². The van der Waals surface area contributed by atoms with Crippen molar-refractivity contribution in [2.24, 2.45) is 5.73 Å². The Hall–Kier alpha value is 0.170. The maximum atomic E-state index is 5.47. The zero-order chi connectivity index (χ0) is 6.69. The molecule has 1 atom stereocenters. The van der Waals surface area contributed by atoms with Gasteiger partial charge in [-0.05, 0) is 7.05 Å². The van der Waals surface area contributed by atoms with Crippen molar-refractivity contribution in [3.8, 4) is 0 Å². The van der Waals surface area contributed by atoms with Gasteiger partial charge >= 0.3 is 0 Å². The Morgan fingerprint density at radius 1 is 1.70 bits per heavy atom. The van der Waals surface area contributed by atoms with Crippen LogP contribution in [-0.4, -0.2) is 44.3 Å². The molecule has 0 aromatic heterocycles. The van der Waals surface area contributed by atoms with Crippen molar-refractivity contribution >= 4 is 12.4 Å². The first-order chi connectivity index (χ1) is 4.34. The van der Waals surface area contributed by atoms with Crippen LogP contribution in [0.2, 0.25) is 0 Å². The first kappa shape index (κ1) is 10.2. The van der Waals surface area contributed by atoms with E-state index in [2.05, 4.69) is 11.9 Å². The zero-order valence-electron chi connectivity index (χ0n) is 6.25. The lowest BCUT2D eigenvalue weighted by Gasteiger charge is -2.31. The van der Waals surface area contributed by atoms with Crippen LogP contribution in [0.1, 0.15) is 0 Å². The van der Waals surface area contributed by atoms with Crippen molar-refractivity contribution in [3.05, 3.63) is 0 Å². The number of likely N-dealkylation sites (N-methyl/N-ethyl adjacent to an activating group) is 1. The molecule has 1 heterocycles. The average Bonchev–Trinajstić information content (AvgIpc) is 1.89. The molecule has 0 aromatic rings. The van der Waals surface area contributed by atoms with Crippen molar-refractivity contribution in [2.75, 3.05) is 33.4 Å². The molecule has 0 amide bonds. The van der Waals surface area contributed by atoms with E-state index in [1.165, 1.54) is 0 Å². The predicted octanol–water partition coefficient (Wildman–Crippen LogP) is -0.303. The molecule has 1 aliphatic rings. The molecule has 0 spiro atoms. The van der Waals surface area contributed by atoms with E-state index in [4.69, 9.17) is 10.5 Å². The molecule has 0 saturated carbocycles. The molecule has 1 fully saturated rings. The Bertz CT molecular complexity index is 91.8. The number of halogens is 1. The molecule has 0 aromatic carbocycles. The maximum absolute atomic E-state index is 5.47. The SMILES string of the molecule is CN1CCOCC1CN.Cl. The number of nitrogens with two attached hydrogens (primary N) is 1. The van der Waals surface area contributed by atoms with Gasteiger partial charge in [0.25, 0.3) is 0 Å². The molecule has 0 radical (unpaired) electrons. The van der Waals surface area contributed by atoms with Gasteiger partial charge in [0.15, 0.2) is 0 Å². The monoisotopic (exact) mass is 166 g/mol. The molecule has 1 unspecified atom stereocenters. The van der Waals surface area contributed by atoms with E-state index in [9.17, 15) is 0 Å². The molecule has 1 rings (SSSR count). The van der Waals surface area contributed by atoms with Crippen LogP contribution < -0.4 is 5.73 Å². The summed E-state index contributed by atoms with van der Waals surface area (Å²) in [4.78, 5) is 2.24. The fraction of sp³-hybridized carbons (Fsp3) is 1.00. The Kier molecular flexibility index (Phi) is 4.99. The van der Waals surface area contributed by atoms with Crippen LogP contribution in [0.25, 0.3) is 0 Å². The molecule has 10 heavy (non-hydrogen) atoms. The summed E-state index contributed by atoms with van der Waals surface area (Å²) in [6.07, 6.45) is 0. The first-order valence-corrected chi connectivity index (χ1v) is 3.32. The lowest BCUT2D eigenvalue weighted by Crippen LogP contribution is -2.46. The van der Waals surface area contributed by atoms with E-state index in [0.29, 0.717) is 12.6 Å². The minimum atomic E-state index is 0. The van der Waals surface area contributed by atoms with Gasteiger partial charge in [-0.25, -0.2) is 0 Å². The van der Waals surface area contributed by atoms with Gasteiger partial charge in [0.2, 0.25) is 0 Å². The Labute approximate surface area is 67.9 Å². The average molecular weight is 167 g/mol. The third-order valence-corrected chi connectivity index (χ3v) is 1.79. The minimum absolute atomic E-state index is 0. The molecule has 0 bridgehead atoms. The van der Waals surface area contributed by atoms with Crippen LogP contribution in [0.5, 0.6) is 0 Å². The van der Waals surface area contributed by atoms with Gasteiger partial charge < -0.3 is 10.5 Å². The Morgan fingerprint density at radius 3 is 2.80 bits per heavy atom. The second kappa shape index (κ2) is 4.91. The summed E-state index contributed by atoms with van der Waals surface area (Å²) in [6, 6.07) is 0.443. The summed E-state index contributed by atoms with van der Waals surface area (Å²) in [5.74, 6) is 0. The molecule has 1 saturated heterocycles. The number of morpholine rings is 1. The second-order valence-corrected chi connectivity index (χ2v) is 2.45. The van der Waals surface area contributed by atoms with E-state index < -0.39 is 0 Å². The number of hydrogen-bond acceptors (Lipinski definition) is 3. The largest absolute Gasteiger partial charge is 0.378 e. The molecule has 2 N–H and O–H groups in total. The summed E-state index contributed by atoms with van der Waals surface area (Å²) in [7, 11) is 2.08. The predicted molar refractivity (Wildman–Crippen MR) is 43.5 cm³/mol. The van der Waals surface area contributed by atoms with Crippen LogP contribution in [0.15, 0.2) is 0 Å². The number of nitrogens with zero attached hydrogens (tertiary/aromatic N) is 1. The molecule has 3 nitrogen and oxygen atoms in total. The highest BCUT2D eigenvalue weighted by Gasteiger charge is 2.16. The van der Waals surface area contributed by atoms with Crippen LogP contribution in [0, 0.1) is 0 Å². The van der Waals surface area contributed by atoms with Gasteiger partial charge in [0, 0.05) is 19.1 Å². The van der Waals surface area contributed by atoms with E-state index in [1.807, 2.05) is 0 Å². The minimum Gasteiger partial charge on any atom is -0.378 e. The van der Waals surface area contributed by atoms with Crippen molar-refractivity contribution in [1.82, 2.24) is 4.90 Å². The van der Waals surface area contributed by atoms with Gasteiger partial charge in [0.1, 0.15) is 0 Å². The summed E-state index contributed by atoms with van der Waals surface area (Å²) < 4.78 is 5.22. The summed E-state index contributed by atoms with van der Waals surface area (Å²) in [5, 5.41) is 0. The van der Waals surface area contributed by atoms with Crippen LogP contribution >= 0.6 is 12.4 Å². The van der Waals surface area contributed by atoms with Crippen LogP contribution in [0.4, 0.5) is 0 Å². The fourth-order valence-corrected chi connectivity index (χ4v) is 0.986. The van der Waals surface area contributed by atoms with Gasteiger partial charge in [-0.1, -0.05) is 0 Å². The van der Waals surface area contributed by atoms with Gasteiger partial charge in [-0.3, -0.25) is 4.90 Å². The standard InChI is InChI=1S/C6H14N2O.ClH/c1-8-2-3-9-5-6(8)4-7;/h6H,2-5,7H2,1H3;1H. The summed E-state index contributed by atoms with van der Waals surface area (Å²) in [6.45, 7) is 3.37. The van der Waals surface area contributed by atoms with Gasteiger partial charge in [0.05, 0.1) is 13.2 Å². The Morgan fingerprint density at radius 2 is 2.40 bits per heavy atom. The maximum Gasteiger partial charge on any atom is 0.0634 e. The van der Waals surface area contributed by atoms with E-state index >= 15 is 0 Å². The van der Waals surface area contributed by atoms with E-state index in [-0.39, 0.29) is 12.4 Å². The second-order valence-electron chi connectivity index (χ2n) is 2.45. The Balaban J connectivity index is 0.000000810. The third kappa shape index (κ3) is 2.42. The highest BCUT2D eigenvalue weighted by Crippen LogP contribution is 2.00. The van der Waals surface area contributed by atoms with Gasteiger partial charge in [-0.2, -0.15) is 0 Å². The first-order valence-electron chi connectivity index (χ1n) is 3.32. The highest BCUT2D eigenvalue weighted by atomic mass is 35.5. The summed E-state index contributed by atoms with van der Waals surface area (Å²) >= 11 is 0. The number of hydrogen-bond donors (Lipinski definition) is 1. The molecule has 4 heteroatoms. The molecular weight excluding hydrogens is 152 g/mol. The zero-order valence-corrected chi connectivity index (χ0v) is 7.06. The van der Waals surface area contributed by atoms with Gasteiger partial charge in [-0.15, -0.1) is 12.4 Å². The molecule has 1 aliphatic heterocycles. The van der Waals surface area contributed by atoms with Crippen molar-refractivity contribution in [3.63, 3.8) is 0 Å². The highest BCUT2D eigenvalue weighted by molar-refractivity contribution is 5.85. The van der Waals surface area contributed by atoms with Crippen LogP contribution in [-0.2, 0) is 4.74 Å². The topological polar surface area (TPSA) is 38.5 Å².